The smallest absolute Gasteiger partial charge is 0.226 e. The van der Waals surface area contributed by atoms with Crippen LogP contribution in [0.2, 0.25) is 0 Å². The van der Waals surface area contributed by atoms with Crippen LogP contribution < -0.4 is 0 Å². The second-order valence-electron chi connectivity index (χ2n) is 5.58. The molecule has 92 valence electrons. The number of hydrogen-bond donors (Lipinski definition) is 0. The van der Waals surface area contributed by atoms with Crippen molar-refractivity contribution in [3.8, 4) is 0 Å². The summed E-state index contributed by atoms with van der Waals surface area (Å²) >= 11 is 0. The Balaban J connectivity index is 2.76. The average Bonchev–Trinajstić information content (AvgIpc) is 2.68. The fourth-order valence-corrected chi connectivity index (χ4v) is 2.55. The summed E-state index contributed by atoms with van der Waals surface area (Å²) in [7, 11) is 0. The van der Waals surface area contributed by atoms with Crippen molar-refractivity contribution in [1.82, 2.24) is 4.90 Å². The Bertz CT molecular complexity index is 296. The van der Waals surface area contributed by atoms with E-state index in [-0.39, 0.29) is 11.3 Å². The summed E-state index contributed by atoms with van der Waals surface area (Å²) in [6.45, 7) is 14.3. The van der Waals surface area contributed by atoms with Crippen molar-refractivity contribution < 1.29 is 4.79 Å². The standard InChI is InChI=1S/C14H25NO/c1-7-15(8-2)13(16)12-11(9-10(3)4)14(12,5)6/h9,11-12H,7-8H2,1-6H3/t11-,12-/m0/s1. The van der Waals surface area contributed by atoms with Gasteiger partial charge in [-0.3, -0.25) is 4.79 Å². The summed E-state index contributed by atoms with van der Waals surface area (Å²) in [4.78, 5) is 14.2. The Kier molecular flexibility index (Phi) is 3.82. The van der Waals surface area contributed by atoms with Gasteiger partial charge in [0, 0.05) is 13.1 Å². The van der Waals surface area contributed by atoms with Crippen LogP contribution in [0.1, 0.15) is 41.5 Å². The Morgan fingerprint density at radius 1 is 1.25 bits per heavy atom. The minimum absolute atomic E-state index is 0.150. The Morgan fingerprint density at radius 3 is 2.12 bits per heavy atom. The van der Waals surface area contributed by atoms with E-state index < -0.39 is 0 Å². The van der Waals surface area contributed by atoms with E-state index in [4.69, 9.17) is 0 Å². The third-order valence-electron chi connectivity index (χ3n) is 3.76. The highest BCUT2D eigenvalue weighted by Gasteiger charge is 2.60. The molecule has 0 heterocycles. The predicted octanol–water partition coefficient (Wildman–Crippen LogP) is 3.09. The van der Waals surface area contributed by atoms with Gasteiger partial charge in [-0.2, -0.15) is 0 Å². The van der Waals surface area contributed by atoms with E-state index in [0.29, 0.717) is 11.8 Å². The molecule has 1 aliphatic rings. The van der Waals surface area contributed by atoms with E-state index in [1.807, 2.05) is 18.7 Å². The lowest BCUT2D eigenvalue weighted by Gasteiger charge is -2.19. The molecule has 1 fully saturated rings. The van der Waals surface area contributed by atoms with Crippen molar-refractivity contribution in [2.24, 2.45) is 17.3 Å². The molecule has 2 nitrogen and oxygen atoms in total. The molecule has 1 rings (SSSR count). The number of amides is 1. The molecule has 2 atom stereocenters. The van der Waals surface area contributed by atoms with Crippen molar-refractivity contribution in [1.29, 1.82) is 0 Å². The summed E-state index contributed by atoms with van der Waals surface area (Å²) < 4.78 is 0. The molecular formula is C14H25NO. The first-order valence-electron chi connectivity index (χ1n) is 6.30. The zero-order valence-electron chi connectivity index (χ0n) is 11.5. The molecule has 16 heavy (non-hydrogen) atoms. The van der Waals surface area contributed by atoms with E-state index >= 15 is 0 Å². The second-order valence-corrected chi connectivity index (χ2v) is 5.58. The maximum Gasteiger partial charge on any atom is 0.226 e. The fourth-order valence-electron chi connectivity index (χ4n) is 2.55. The van der Waals surface area contributed by atoms with Gasteiger partial charge in [0.2, 0.25) is 5.91 Å². The third kappa shape index (κ3) is 2.31. The van der Waals surface area contributed by atoms with E-state index in [0.717, 1.165) is 13.1 Å². The molecule has 0 unspecified atom stereocenters. The van der Waals surface area contributed by atoms with E-state index in [1.165, 1.54) is 5.57 Å². The van der Waals surface area contributed by atoms with Crippen LogP contribution in [-0.2, 0) is 4.79 Å². The maximum absolute atomic E-state index is 12.3. The lowest BCUT2D eigenvalue weighted by molar-refractivity contribution is -0.133. The lowest BCUT2D eigenvalue weighted by atomic mass is 10.1. The topological polar surface area (TPSA) is 20.3 Å². The van der Waals surface area contributed by atoms with Crippen LogP contribution in [0.25, 0.3) is 0 Å². The van der Waals surface area contributed by atoms with Gasteiger partial charge in [-0.15, -0.1) is 0 Å². The largest absolute Gasteiger partial charge is 0.343 e. The summed E-state index contributed by atoms with van der Waals surface area (Å²) in [6.07, 6.45) is 2.26. The van der Waals surface area contributed by atoms with Gasteiger partial charge in [-0.25, -0.2) is 0 Å². The fraction of sp³-hybridized carbons (Fsp3) is 0.786. The van der Waals surface area contributed by atoms with Gasteiger partial charge in [0.05, 0.1) is 5.92 Å². The zero-order valence-corrected chi connectivity index (χ0v) is 11.5. The van der Waals surface area contributed by atoms with Crippen LogP contribution >= 0.6 is 0 Å². The normalized spacial score (nSPS) is 26.1. The van der Waals surface area contributed by atoms with Crippen molar-refractivity contribution in [2.75, 3.05) is 13.1 Å². The molecule has 0 saturated heterocycles. The first kappa shape index (κ1) is 13.3. The molecule has 0 aliphatic heterocycles. The van der Waals surface area contributed by atoms with Gasteiger partial charge in [-0.1, -0.05) is 25.5 Å². The Hall–Kier alpha value is -0.790. The molecular weight excluding hydrogens is 198 g/mol. The number of allylic oxidation sites excluding steroid dienone is 2. The van der Waals surface area contributed by atoms with Crippen LogP contribution in [0.15, 0.2) is 11.6 Å². The second kappa shape index (κ2) is 4.60. The van der Waals surface area contributed by atoms with Crippen LogP contribution in [-0.4, -0.2) is 23.9 Å². The van der Waals surface area contributed by atoms with Crippen molar-refractivity contribution in [3.63, 3.8) is 0 Å². The SMILES string of the molecule is CCN(CC)C(=O)[C@@H]1[C@H](C=C(C)C)C1(C)C. The first-order chi connectivity index (χ1) is 7.36. The summed E-state index contributed by atoms with van der Waals surface area (Å²) in [5.74, 6) is 0.963. The highest BCUT2D eigenvalue weighted by molar-refractivity contribution is 5.83. The summed E-state index contributed by atoms with van der Waals surface area (Å²) in [5, 5.41) is 0. The summed E-state index contributed by atoms with van der Waals surface area (Å²) in [5.41, 5.74) is 1.46. The summed E-state index contributed by atoms with van der Waals surface area (Å²) in [6, 6.07) is 0. The number of carbonyl (C=O) groups is 1. The molecule has 1 saturated carbocycles. The molecule has 0 spiro atoms. The van der Waals surface area contributed by atoms with Crippen LogP contribution in [0, 0.1) is 17.3 Å². The molecule has 0 aromatic carbocycles. The van der Waals surface area contributed by atoms with Gasteiger partial charge >= 0.3 is 0 Å². The number of hydrogen-bond acceptors (Lipinski definition) is 1. The number of nitrogens with zero attached hydrogens (tertiary/aromatic N) is 1. The number of carbonyl (C=O) groups excluding carboxylic acids is 1. The Labute approximate surface area is 99.7 Å². The minimum Gasteiger partial charge on any atom is -0.343 e. The van der Waals surface area contributed by atoms with E-state index in [1.54, 1.807) is 0 Å². The van der Waals surface area contributed by atoms with E-state index in [9.17, 15) is 4.79 Å². The molecule has 1 aliphatic carbocycles. The van der Waals surface area contributed by atoms with Crippen LogP contribution in [0.5, 0.6) is 0 Å². The highest BCUT2D eigenvalue weighted by Crippen LogP contribution is 2.60. The Morgan fingerprint density at radius 2 is 1.75 bits per heavy atom. The molecule has 0 bridgehead atoms. The van der Waals surface area contributed by atoms with Gasteiger partial charge in [-0.05, 0) is 39.0 Å². The molecule has 0 aromatic rings. The highest BCUT2D eigenvalue weighted by atomic mass is 16.2. The first-order valence-corrected chi connectivity index (χ1v) is 6.30. The molecule has 0 aromatic heterocycles. The maximum atomic E-state index is 12.3. The molecule has 0 radical (unpaired) electrons. The lowest BCUT2D eigenvalue weighted by Crippen LogP contribution is -2.33. The third-order valence-corrected chi connectivity index (χ3v) is 3.76. The van der Waals surface area contributed by atoms with Gasteiger partial charge in [0.25, 0.3) is 0 Å². The minimum atomic E-state index is 0.150. The molecule has 0 N–H and O–H groups in total. The monoisotopic (exact) mass is 223 g/mol. The van der Waals surface area contributed by atoms with Crippen LogP contribution in [0.4, 0.5) is 0 Å². The quantitative estimate of drug-likeness (QED) is 0.671. The zero-order chi connectivity index (χ0) is 12.5. The van der Waals surface area contributed by atoms with Crippen molar-refractivity contribution in [2.45, 2.75) is 41.5 Å². The predicted molar refractivity (Wildman–Crippen MR) is 68.1 cm³/mol. The van der Waals surface area contributed by atoms with Gasteiger partial charge in [0.1, 0.15) is 0 Å². The molecule has 1 amide bonds. The van der Waals surface area contributed by atoms with Gasteiger partial charge in [0.15, 0.2) is 0 Å². The van der Waals surface area contributed by atoms with Crippen molar-refractivity contribution >= 4 is 5.91 Å². The molecule has 2 heteroatoms. The number of rotatable bonds is 4. The van der Waals surface area contributed by atoms with Crippen LogP contribution in [0.3, 0.4) is 0 Å². The van der Waals surface area contributed by atoms with Gasteiger partial charge < -0.3 is 4.90 Å². The van der Waals surface area contributed by atoms with Crippen molar-refractivity contribution in [3.05, 3.63) is 11.6 Å². The average molecular weight is 223 g/mol. The van der Waals surface area contributed by atoms with E-state index in [2.05, 4.69) is 33.8 Å².